The van der Waals surface area contributed by atoms with E-state index in [0.717, 1.165) is 5.76 Å². The fourth-order valence-corrected chi connectivity index (χ4v) is 2.16. The Morgan fingerprint density at radius 1 is 1.33 bits per heavy atom. The van der Waals surface area contributed by atoms with Crippen LogP contribution < -0.4 is 0 Å². The van der Waals surface area contributed by atoms with Gasteiger partial charge in [0.1, 0.15) is 11.5 Å². The second-order valence-electron chi connectivity index (χ2n) is 4.78. The molecule has 1 amide bonds. The molecule has 1 fully saturated rings. The van der Waals surface area contributed by atoms with Crippen molar-refractivity contribution in [1.29, 1.82) is 0 Å². The van der Waals surface area contributed by atoms with Gasteiger partial charge < -0.3 is 14.1 Å². The third-order valence-electron chi connectivity index (χ3n) is 2.88. The number of carbonyl (C=O) groups excluding carboxylic acids is 1. The Bertz CT molecular complexity index is 440. The van der Waals surface area contributed by atoms with Crippen LogP contribution in [-0.2, 0) is 9.53 Å². The molecule has 1 saturated heterocycles. The van der Waals surface area contributed by atoms with Gasteiger partial charge in [0.25, 0.3) is 0 Å². The lowest BCUT2D eigenvalue weighted by atomic mass is 10.2. The van der Waals surface area contributed by atoms with Crippen LogP contribution in [0.4, 0.5) is 0 Å². The summed E-state index contributed by atoms with van der Waals surface area (Å²) < 4.78 is 11.0. The SMILES string of the molecule is Cc1ccc(/C=C/C(=O)N2CC(C)OC(C)C2)o1. The average Bonchev–Trinajstić information content (AvgIpc) is 2.70. The van der Waals surface area contributed by atoms with Crippen molar-refractivity contribution in [3.8, 4) is 0 Å². The van der Waals surface area contributed by atoms with Crippen LogP contribution in [0.3, 0.4) is 0 Å². The molecule has 18 heavy (non-hydrogen) atoms. The van der Waals surface area contributed by atoms with E-state index < -0.39 is 0 Å². The normalized spacial score (nSPS) is 24.7. The standard InChI is InChI=1S/C14H19NO3/c1-10-4-5-13(18-10)6-7-14(16)15-8-11(2)17-12(3)9-15/h4-7,11-12H,8-9H2,1-3H3/b7-6+. The maximum atomic E-state index is 12.0. The number of ether oxygens (including phenoxy) is 1. The van der Waals surface area contributed by atoms with Crippen LogP contribution >= 0.6 is 0 Å². The summed E-state index contributed by atoms with van der Waals surface area (Å²) in [5, 5.41) is 0. The summed E-state index contributed by atoms with van der Waals surface area (Å²) in [6.45, 7) is 7.13. The van der Waals surface area contributed by atoms with Crippen LogP contribution in [-0.4, -0.2) is 36.1 Å². The number of hydrogen-bond acceptors (Lipinski definition) is 3. The van der Waals surface area contributed by atoms with Crippen LogP contribution in [0.25, 0.3) is 6.08 Å². The van der Waals surface area contributed by atoms with Gasteiger partial charge in [0, 0.05) is 19.2 Å². The third-order valence-corrected chi connectivity index (χ3v) is 2.88. The molecule has 0 N–H and O–H groups in total. The van der Waals surface area contributed by atoms with Crippen molar-refractivity contribution >= 4 is 12.0 Å². The molecule has 2 unspecified atom stereocenters. The lowest BCUT2D eigenvalue weighted by molar-refractivity contribution is -0.137. The number of nitrogens with zero attached hydrogens (tertiary/aromatic N) is 1. The molecule has 0 aromatic carbocycles. The average molecular weight is 249 g/mol. The first-order valence-electron chi connectivity index (χ1n) is 6.23. The second kappa shape index (κ2) is 5.40. The van der Waals surface area contributed by atoms with Crippen LogP contribution in [0.5, 0.6) is 0 Å². The zero-order chi connectivity index (χ0) is 13.1. The van der Waals surface area contributed by atoms with Gasteiger partial charge >= 0.3 is 0 Å². The Balaban J connectivity index is 1.97. The van der Waals surface area contributed by atoms with Gasteiger partial charge in [-0.05, 0) is 39.0 Å². The minimum atomic E-state index is 0.00560. The molecule has 2 heterocycles. The molecule has 2 rings (SSSR count). The Kier molecular flexibility index (Phi) is 3.87. The second-order valence-corrected chi connectivity index (χ2v) is 4.78. The van der Waals surface area contributed by atoms with E-state index in [4.69, 9.17) is 9.15 Å². The van der Waals surface area contributed by atoms with Crippen LogP contribution in [0.15, 0.2) is 22.6 Å². The Labute approximate surface area is 107 Å². The molecule has 2 atom stereocenters. The van der Waals surface area contributed by atoms with Gasteiger partial charge in [-0.15, -0.1) is 0 Å². The number of furan rings is 1. The highest BCUT2D eigenvalue weighted by Gasteiger charge is 2.24. The number of morpholine rings is 1. The van der Waals surface area contributed by atoms with E-state index in [1.807, 2.05) is 37.8 Å². The largest absolute Gasteiger partial charge is 0.462 e. The zero-order valence-electron chi connectivity index (χ0n) is 11.1. The highest BCUT2D eigenvalue weighted by molar-refractivity contribution is 5.91. The fourth-order valence-electron chi connectivity index (χ4n) is 2.16. The molecule has 1 aliphatic rings. The van der Waals surface area contributed by atoms with Crippen molar-refractivity contribution in [1.82, 2.24) is 4.90 Å². The number of rotatable bonds is 2. The van der Waals surface area contributed by atoms with Crippen LogP contribution in [0.1, 0.15) is 25.4 Å². The molecule has 1 aromatic rings. The summed E-state index contributed by atoms with van der Waals surface area (Å²) in [7, 11) is 0. The van der Waals surface area contributed by atoms with Crippen molar-refractivity contribution in [2.75, 3.05) is 13.1 Å². The van der Waals surface area contributed by atoms with Gasteiger partial charge in [0.15, 0.2) is 0 Å². The van der Waals surface area contributed by atoms with Gasteiger partial charge in [-0.3, -0.25) is 4.79 Å². The summed E-state index contributed by atoms with van der Waals surface area (Å²) in [6.07, 6.45) is 3.46. The van der Waals surface area contributed by atoms with Crippen LogP contribution in [0, 0.1) is 6.92 Å². The Hall–Kier alpha value is -1.55. The predicted molar refractivity (Wildman–Crippen MR) is 69.1 cm³/mol. The molecule has 0 spiro atoms. The maximum absolute atomic E-state index is 12.0. The molecule has 4 nitrogen and oxygen atoms in total. The first-order chi connectivity index (χ1) is 8.54. The summed E-state index contributed by atoms with van der Waals surface area (Å²) in [4.78, 5) is 13.8. The monoisotopic (exact) mass is 249 g/mol. The molecule has 4 heteroatoms. The number of amides is 1. The lowest BCUT2D eigenvalue weighted by Crippen LogP contribution is -2.47. The summed E-state index contributed by atoms with van der Waals surface area (Å²) in [5.74, 6) is 1.55. The van der Waals surface area contributed by atoms with Crippen molar-refractivity contribution in [3.05, 3.63) is 29.7 Å². The van der Waals surface area contributed by atoms with E-state index in [9.17, 15) is 4.79 Å². The topological polar surface area (TPSA) is 42.7 Å². The number of hydrogen-bond donors (Lipinski definition) is 0. The highest BCUT2D eigenvalue weighted by atomic mass is 16.5. The molecule has 0 aliphatic carbocycles. The van der Waals surface area contributed by atoms with E-state index in [1.54, 1.807) is 12.2 Å². The fraction of sp³-hybridized carbons (Fsp3) is 0.500. The maximum Gasteiger partial charge on any atom is 0.246 e. The molecule has 0 radical (unpaired) electrons. The molecule has 0 bridgehead atoms. The molecule has 0 saturated carbocycles. The first kappa shape index (κ1) is 12.9. The van der Waals surface area contributed by atoms with Gasteiger partial charge in [-0.25, -0.2) is 0 Å². The van der Waals surface area contributed by atoms with E-state index >= 15 is 0 Å². The van der Waals surface area contributed by atoms with Crippen molar-refractivity contribution in [2.45, 2.75) is 33.0 Å². The minimum Gasteiger partial charge on any atom is -0.462 e. The van der Waals surface area contributed by atoms with Gasteiger partial charge in [0.2, 0.25) is 5.91 Å². The lowest BCUT2D eigenvalue weighted by Gasteiger charge is -2.34. The molecular formula is C14H19NO3. The molecule has 98 valence electrons. The summed E-state index contributed by atoms with van der Waals surface area (Å²) in [6, 6.07) is 3.73. The predicted octanol–water partition coefficient (Wildman–Crippen LogP) is 2.24. The van der Waals surface area contributed by atoms with E-state index in [-0.39, 0.29) is 18.1 Å². The van der Waals surface area contributed by atoms with Gasteiger partial charge in [0.05, 0.1) is 12.2 Å². The Morgan fingerprint density at radius 2 is 2.00 bits per heavy atom. The quantitative estimate of drug-likeness (QED) is 0.755. The van der Waals surface area contributed by atoms with E-state index in [0.29, 0.717) is 18.8 Å². The first-order valence-corrected chi connectivity index (χ1v) is 6.23. The summed E-state index contributed by atoms with van der Waals surface area (Å²) in [5.41, 5.74) is 0. The highest BCUT2D eigenvalue weighted by Crippen LogP contribution is 2.12. The van der Waals surface area contributed by atoms with Gasteiger partial charge in [-0.1, -0.05) is 0 Å². The third kappa shape index (κ3) is 3.23. The van der Waals surface area contributed by atoms with Crippen molar-refractivity contribution in [3.63, 3.8) is 0 Å². The zero-order valence-corrected chi connectivity index (χ0v) is 11.1. The number of carbonyl (C=O) groups is 1. The number of aryl methyl sites for hydroxylation is 1. The Morgan fingerprint density at radius 3 is 2.56 bits per heavy atom. The van der Waals surface area contributed by atoms with E-state index in [2.05, 4.69) is 0 Å². The smallest absolute Gasteiger partial charge is 0.246 e. The van der Waals surface area contributed by atoms with Crippen LogP contribution in [0.2, 0.25) is 0 Å². The van der Waals surface area contributed by atoms with Crippen molar-refractivity contribution in [2.24, 2.45) is 0 Å². The summed E-state index contributed by atoms with van der Waals surface area (Å²) >= 11 is 0. The molecule has 1 aromatic heterocycles. The minimum absolute atomic E-state index is 0.00560. The molecular weight excluding hydrogens is 230 g/mol. The van der Waals surface area contributed by atoms with E-state index in [1.165, 1.54) is 0 Å². The van der Waals surface area contributed by atoms with Gasteiger partial charge in [-0.2, -0.15) is 0 Å². The molecule has 1 aliphatic heterocycles. The van der Waals surface area contributed by atoms with Crippen molar-refractivity contribution < 1.29 is 13.9 Å².